The van der Waals surface area contributed by atoms with Crippen LogP contribution in [0.4, 0.5) is 5.69 Å². The molecule has 3 aliphatic rings. The van der Waals surface area contributed by atoms with Crippen molar-refractivity contribution in [3.63, 3.8) is 0 Å². The van der Waals surface area contributed by atoms with Crippen molar-refractivity contribution in [2.24, 2.45) is 10.9 Å². The molecule has 128 valence electrons. The lowest BCUT2D eigenvalue weighted by Crippen LogP contribution is -2.37. The van der Waals surface area contributed by atoms with Gasteiger partial charge in [0.05, 0.1) is 24.7 Å². The van der Waals surface area contributed by atoms with E-state index in [1.54, 1.807) is 7.11 Å². The summed E-state index contributed by atoms with van der Waals surface area (Å²) in [6.07, 6.45) is 1.81. The zero-order chi connectivity index (χ0) is 16.9. The number of hydrogen-bond donors (Lipinski definition) is 0. The largest absolute Gasteiger partial charge is 0.497 e. The maximum Gasteiger partial charge on any atom is 0.251 e. The molecule has 3 fully saturated rings. The second kappa shape index (κ2) is 5.77. The van der Waals surface area contributed by atoms with Crippen molar-refractivity contribution < 1.29 is 17.9 Å². The van der Waals surface area contributed by atoms with Gasteiger partial charge < -0.3 is 9.64 Å². The SMILES string of the molecule is COc1ccc(N2C(=NC(=O)C3CC3)S[C@@H]3CS(=O)(=O)C[C@@H]32)cc1. The van der Waals surface area contributed by atoms with E-state index < -0.39 is 9.84 Å². The van der Waals surface area contributed by atoms with Crippen molar-refractivity contribution >= 4 is 38.4 Å². The summed E-state index contributed by atoms with van der Waals surface area (Å²) >= 11 is 1.41. The van der Waals surface area contributed by atoms with Gasteiger partial charge in [0, 0.05) is 16.9 Å². The number of anilines is 1. The number of methoxy groups -OCH3 is 1. The summed E-state index contributed by atoms with van der Waals surface area (Å²) in [6, 6.07) is 7.25. The molecular formula is C16H18N2O4S2. The van der Waals surface area contributed by atoms with Crippen LogP contribution < -0.4 is 9.64 Å². The van der Waals surface area contributed by atoms with Crippen molar-refractivity contribution in [2.75, 3.05) is 23.5 Å². The summed E-state index contributed by atoms with van der Waals surface area (Å²) in [7, 11) is -1.44. The average molecular weight is 366 g/mol. The fraction of sp³-hybridized carbons (Fsp3) is 0.500. The third-order valence-electron chi connectivity index (χ3n) is 4.55. The van der Waals surface area contributed by atoms with Gasteiger partial charge in [-0.3, -0.25) is 4.79 Å². The first kappa shape index (κ1) is 16.0. The molecule has 0 aromatic heterocycles. The van der Waals surface area contributed by atoms with Crippen molar-refractivity contribution in [3.8, 4) is 5.75 Å². The van der Waals surface area contributed by atoms with Crippen molar-refractivity contribution in [1.29, 1.82) is 0 Å². The summed E-state index contributed by atoms with van der Waals surface area (Å²) in [5, 5.41) is 0.560. The third kappa shape index (κ3) is 2.93. The standard InChI is InChI=1S/C16H18N2O4S2/c1-22-12-6-4-11(5-7-12)18-13-8-24(20,21)9-14(13)23-16(18)17-15(19)10-2-3-10/h4-7,10,13-14H,2-3,8-9H2,1H3/t13-,14+/m0/s1. The normalized spacial score (nSPS) is 29.7. The molecule has 2 heterocycles. The number of fused-ring (bicyclic) bond motifs is 1. The molecule has 8 heteroatoms. The van der Waals surface area contributed by atoms with Crippen LogP contribution in [0, 0.1) is 5.92 Å². The number of thioether (sulfide) groups is 1. The highest BCUT2D eigenvalue weighted by molar-refractivity contribution is 8.16. The van der Waals surface area contributed by atoms with Gasteiger partial charge in [0.2, 0.25) is 0 Å². The molecule has 0 spiro atoms. The maximum atomic E-state index is 12.1. The lowest BCUT2D eigenvalue weighted by molar-refractivity contribution is -0.118. The fourth-order valence-corrected chi connectivity index (χ4v) is 7.04. The minimum absolute atomic E-state index is 0.0555. The third-order valence-corrected chi connectivity index (χ3v) is 7.76. The van der Waals surface area contributed by atoms with Gasteiger partial charge in [0.15, 0.2) is 15.0 Å². The van der Waals surface area contributed by atoms with E-state index in [0.29, 0.717) is 5.17 Å². The number of hydrogen-bond acceptors (Lipinski definition) is 5. The number of amidine groups is 1. The number of carbonyl (C=O) groups is 1. The number of rotatable bonds is 3. The Morgan fingerprint density at radius 2 is 1.96 bits per heavy atom. The van der Waals surface area contributed by atoms with E-state index in [-0.39, 0.29) is 34.6 Å². The summed E-state index contributed by atoms with van der Waals surface area (Å²) in [6.45, 7) is 0. The molecule has 2 atom stereocenters. The van der Waals surface area contributed by atoms with Crippen LogP contribution in [0.1, 0.15) is 12.8 Å². The lowest BCUT2D eigenvalue weighted by Gasteiger charge is -2.24. The van der Waals surface area contributed by atoms with Crippen LogP contribution in [0.3, 0.4) is 0 Å². The Morgan fingerprint density at radius 1 is 1.25 bits per heavy atom. The molecular weight excluding hydrogens is 348 g/mol. The first-order valence-corrected chi connectivity index (χ1v) is 10.6. The molecule has 0 unspecified atom stereocenters. The van der Waals surface area contributed by atoms with Gasteiger partial charge in [-0.2, -0.15) is 4.99 Å². The summed E-state index contributed by atoms with van der Waals surface area (Å²) in [5.74, 6) is 0.950. The van der Waals surface area contributed by atoms with Gasteiger partial charge in [0.25, 0.3) is 5.91 Å². The smallest absolute Gasteiger partial charge is 0.251 e. The van der Waals surface area contributed by atoms with Crippen LogP contribution in [-0.4, -0.2) is 49.4 Å². The van der Waals surface area contributed by atoms with Crippen LogP contribution in [0.15, 0.2) is 29.3 Å². The second-order valence-electron chi connectivity index (χ2n) is 6.38. The van der Waals surface area contributed by atoms with Crippen molar-refractivity contribution in [2.45, 2.75) is 24.1 Å². The van der Waals surface area contributed by atoms with E-state index in [4.69, 9.17) is 4.74 Å². The number of carbonyl (C=O) groups excluding carboxylic acids is 1. The predicted molar refractivity (Wildman–Crippen MR) is 94.5 cm³/mol. The Morgan fingerprint density at radius 3 is 2.58 bits per heavy atom. The summed E-state index contributed by atoms with van der Waals surface area (Å²) in [5.41, 5.74) is 0.843. The number of amides is 1. The quantitative estimate of drug-likeness (QED) is 0.811. The first-order valence-electron chi connectivity index (χ1n) is 7.90. The second-order valence-corrected chi connectivity index (χ2v) is 9.74. The van der Waals surface area contributed by atoms with Gasteiger partial charge in [-0.15, -0.1) is 0 Å². The number of ether oxygens (including phenoxy) is 1. The Hall–Kier alpha value is -1.54. The van der Waals surface area contributed by atoms with Crippen LogP contribution in [0.5, 0.6) is 5.75 Å². The van der Waals surface area contributed by atoms with Gasteiger partial charge in [-0.05, 0) is 37.1 Å². The van der Waals surface area contributed by atoms with Crippen molar-refractivity contribution in [1.82, 2.24) is 0 Å². The molecule has 1 saturated carbocycles. The Balaban J connectivity index is 1.69. The minimum Gasteiger partial charge on any atom is -0.497 e. The molecule has 1 aliphatic carbocycles. The highest BCUT2D eigenvalue weighted by atomic mass is 32.2. The molecule has 0 N–H and O–H groups in total. The highest BCUT2D eigenvalue weighted by Crippen LogP contribution is 2.42. The molecule has 2 saturated heterocycles. The molecule has 24 heavy (non-hydrogen) atoms. The molecule has 1 aromatic rings. The van der Waals surface area contributed by atoms with Crippen LogP contribution in [0.25, 0.3) is 0 Å². The minimum atomic E-state index is -3.04. The van der Waals surface area contributed by atoms with E-state index in [2.05, 4.69) is 4.99 Å². The summed E-state index contributed by atoms with van der Waals surface area (Å²) < 4.78 is 29.2. The van der Waals surface area contributed by atoms with E-state index in [9.17, 15) is 13.2 Å². The molecule has 0 bridgehead atoms. The zero-order valence-corrected chi connectivity index (χ0v) is 14.8. The van der Waals surface area contributed by atoms with Crippen LogP contribution in [-0.2, 0) is 14.6 Å². The number of benzene rings is 1. The predicted octanol–water partition coefficient (Wildman–Crippen LogP) is 1.71. The number of aliphatic imine (C=N–C) groups is 1. The molecule has 0 radical (unpaired) electrons. The van der Waals surface area contributed by atoms with Gasteiger partial charge in [-0.25, -0.2) is 8.42 Å². The number of nitrogens with zero attached hydrogens (tertiary/aromatic N) is 2. The molecule has 2 aliphatic heterocycles. The van der Waals surface area contributed by atoms with Crippen molar-refractivity contribution in [3.05, 3.63) is 24.3 Å². The average Bonchev–Trinajstić information content (AvgIpc) is 3.28. The Bertz CT molecular complexity index is 800. The first-order chi connectivity index (χ1) is 11.5. The Labute approximate surface area is 145 Å². The zero-order valence-electron chi connectivity index (χ0n) is 13.2. The van der Waals surface area contributed by atoms with E-state index in [1.807, 2.05) is 29.2 Å². The number of sulfone groups is 1. The van der Waals surface area contributed by atoms with Gasteiger partial charge in [-0.1, -0.05) is 11.8 Å². The van der Waals surface area contributed by atoms with E-state index in [1.165, 1.54) is 11.8 Å². The fourth-order valence-electron chi connectivity index (χ4n) is 3.13. The maximum absolute atomic E-state index is 12.1. The van der Waals surface area contributed by atoms with E-state index in [0.717, 1.165) is 24.3 Å². The monoisotopic (exact) mass is 366 g/mol. The van der Waals surface area contributed by atoms with Gasteiger partial charge >= 0.3 is 0 Å². The highest BCUT2D eigenvalue weighted by Gasteiger charge is 2.49. The lowest BCUT2D eigenvalue weighted by atomic mass is 10.2. The topological polar surface area (TPSA) is 76.0 Å². The molecule has 1 aromatic carbocycles. The van der Waals surface area contributed by atoms with E-state index >= 15 is 0 Å². The van der Waals surface area contributed by atoms with Crippen LogP contribution >= 0.6 is 11.8 Å². The Kier molecular flexibility index (Phi) is 3.84. The molecule has 6 nitrogen and oxygen atoms in total. The van der Waals surface area contributed by atoms with Gasteiger partial charge in [0.1, 0.15) is 5.75 Å². The van der Waals surface area contributed by atoms with Crippen LogP contribution in [0.2, 0.25) is 0 Å². The summed E-state index contributed by atoms with van der Waals surface area (Å²) in [4.78, 5) is 18.3. The molecule has 1 amide bonds. The molecule has 4 rings (SSSR count).